The molecule has 3 aromatic rings. The maximum atomic E-state index is 12.5. The molecule has 0 bridgehead atoms. The first-order valence-electron chi connectivity index (χ1n) is 9.18. The van der Waals surface area contributed by atoms with Crippen LogP contribution >= 0.6 is 0 Å². The molecule has 2 aromatic heterocycles. The molecule has 0 spiro atoms. The zero-order chi connectivity index (χ0) is 17.7. The van der Waals surface area contributed by atoms with Gasteiger partial charge < -0.3 is 10.2 Å². The minimum Gasteiger partial charge on any atom is -0.371 e. The van der Waals surface area contributed by atoms with Gasteiger partial charge in [-0.25, -0.2) is 9.50 Å². The third-order valence-corrected chi connectivity index (χ3v) is 5.65. The SMILES string of the molecule is Cc1c(N2CCCC2)ccc2c1NC(=O)CC2c1ccn2ncnc2c1. The number of aromatic nitrogens is 3. The topological polar surface area (TPSA) is 62.5 Å². The Bertz CT molecular complexity index is 1000. The van der Waals surface area contributed by atoms with Gasteiger partial charge in [-0.3, -0.25) is 4.79 Å². The molecule has 1 N–H and O–H groups in total. The Labute approximate surface area is 151 Å². The van der Waals surface area contributed by atoms with Gasteiger partial charge in [0.1, 0.15) is 6.33 Å². The molecule has 1 unspecified atom stereocenters. The van der Waals surface area contributed by atoms with Gasteiger partial charge in [0.2, 0.25) is 5.91 Å². The molecule has 132 valence electrons. The number of anilines is 2. The van der Waals surface area contributed by atoms with Crippen molar-refractivity contribution in [1.29, 1.82) is 0 Å². The van der Waals surface area contributed by atoms with Gasteiger partial charge >= 0.3 is 0 Å². The number of hydrogen-bond donors (Lipinski definition) is 1. The molecule has 1 atom stereocenters. The van der Waals surface area contributed by atoms with Crippen LogP contribution in [-0.4, -0.2) is 33.6 Å². The normalized spacial score (nSPS) is 19.7. The molecule has 4 heterocycles. The average Bonchev–Trinajstić information content (AvgIpc) is 3.33. The molecule has 0 radical (unpaired) electrons. The number of benzene rings is 1. The molecule has 1 amide bonds. The van der Waals surface area contributed by atoms with E-state index in [2.05, 4.69) is 39.4 Å². The molecular weight excluding hydrogens is 326 g/mol. The van der Waals surface area contributed by atoms with Crippen molar-refractivity contribution in [3.05, 3.63) is 53.5 Å². The van der Waals surface area contributed by atoms with E-state index in [9.17, 15) is 4.79 Å². The molecule has 6 heteroatoms. The van der Waals surface area contributed by atoms with Crippen molar-refractivity contribution in [1.82, 2.24) is 14.6 Å². The van der Waals surface area contributed by atoms with E-state index in [1.165, 1.54) is 29.7 Å². The molecule has 5 rings (SSSR count). The van der Waals surface area contributed by atoms with Crippen LogP contribution in [0.1, 0.15) is 41.9 Å². The summed E-state index contributed by atoms with van der Waals surface area (Å²) in [7, 11) is 0. The van der Waals surface area contributed by atoms with E-state index in [-0.39, 0.29) is 11.8 Å². The Hall–Kier alpha value is -2.89. The first-order valence-corrected chi connectivity index (χ1v) is 9.18. The van der Waals surface area contributed by atoms with Gasteiger partial charge in [-0.1, -0.05) is 6.07 Å². The standard InChI is InChI=1S/C20H21N5O/c1-13-17(24-7-2-3-8-24)5-4-15-16(11-19(26)23-20(13)15)14-6-9-25-18(10-14)21-12-22-25/h4-6,9-10,12,16H,2-3,7-8,11H2,1H3,(H,23,26). The van der Waals surface area contributed by atoms with Crippen molar-refractivity contribution in [2.24, 2.45) is 0 Å². The molecule has 2 aliphatic rings. The first kappa shape index (κ1) is 15.4. The van der Waals surface area contributed by atoms with Crippen LogP contribution in [0.25, 0.3) is 5.65 Å². The maximum Gasteiger partial charge on any atom is 0.225 e. The van der Waals surface area contributed by atoms with Crippen LogP contribution < -0.4 is 10.2 Å². The zero-order valence-corrected chi connectivity index (χ0v) is 14.8. The summed E-state index contributed by atoms with van der Waals surface area (Å²) in [6.07, 6.45) is 6.40. The molecule has 1 saturated heterocycles. The highest BCUT2D eigenvalue weighted by Crippen LogP contribution is 2.42. The number of hydrogen-bond acceptors (Lipinski definition) is 4. The zero-order valence-electron chi connectivity index (χ0n) is 14.8. The summed E-state index contributed by atoms with van der Waals surface area (Å²) in [6, 6.07) is 8.48. The number of fused-ring (bicyclic) bond motifs is 2. The van der Waals surface area contributed by atoms with E-state index in [1.807, 2.05) is 18.3 Å². The van der Waals surface area contributed by atoms with Crippen LogP contribution in [0.5, 0.6) is 0 Å². The van der Waals surface area contributed by atoms with Crippen LogP contribution in [0.3, 0.4) is 0 Å². The Morgan fingerprint density at radius 1 is 1.19 bits per heavy atom. The molecule has 0 aliphatic carbocycles. The Kier molecular flexibility index (Phi) is 3.45. The summed E-state index contributed by atoms with van der Waals surface area (Å²) in [5.74, 6) is 0.122. The van der Waals surface area contributed by atoms with Crippen LogP contribution in [-0.2, 0) is 4.79 Å². The van der Waals surface area contributed by atoms with Crippen molar-refractivity contribution in [2.45, 2.75) is 32.1 Å². The first-order chi connectivity index (χ1) is 12.7. The number of nitrogens with one attached hydrogen (secondary N) is 1. The fourth-order valence-corrected chi connectivity index (χ4v) is 4.31. The lowest BCUT2D eigenvalue weighted by molar-refractivity contribution is -0.116. The Balaban J connectivity index is 1.61. The summed E-state index contributed by atoms with van der Waals surface area (Å²) in [6.45, 7) is 4.32. The highest BCUT2D eigenvalue weighted by Gasteiger charge is 2.29. The van der Waals surface area contributed by atoms with Gasteiger partial charge in [-0.15, -0.1) is 0 Å². The van der Waals surface area contributed by atoms with Crippen molar-refractivity contribution < 1.29 is 4.79 Å². The largest absolute Gasteiger partial charge is 0.371 e. The second kappa shape index (κ2) is 5.83. The number of nitrogens with zero attached hydrogens (tertiary/aromatic N) is 4. The smallest absolute Gasteiger partial charge is 0.225 e. The average molecular weight is 347 g/mol. The van der Waals surface area contributed by atoms with Crippen molar-refractivity contribution in [3.63, 3.8) is 0 Å². The highest BCUT2D eigenvalue weighted by atomic mass is 16.1. The third-order valence-electron chi connectivity index (χ3n) is 5.65. The molecule has 6 nitrogen and oxygen atoms in total. The van der Waals surface area contributed by atoms with E-state index >= 15 is 0 Å². The highest BCUT2D eigenvalue weighted by molar-refractivity contribution is 5.97. The predicted molar refractivity (Wildman–Crippen MR) is 101 cm³/mol. The van der Waals surface area contributed by atoms with Crippen LogP contribution in [0.15, 0.2) is 36.8 Å². The van der Waals surface area contributed by atoms with Crippen molar-refractivity contribution >= 4 is 22.9 Å². The lowest BCUT2D eigenvalue weighted by Crippen LogP contribution is -2.26. The molecule has 1 aromatic carbocycles. The van der Waals surface area contributed by atoms with Gasteiger partial charge in [0, 0.05) is 43.0 Å². The molecular formula is C20H21N5O. The van der Waals surface area contributed by atoms with Gasteiger partial charge in [0.15, 0.2) is 5.65 Å². The van der Waals surface area contributed by atoms with Crippen LogP contribution in [0.4, 0.5) is 11.4 Å². The summed E-state index contributed by atoms with van der Waals surface area (Å²) in [4.78, 5) is 19.2. The summed E-state index contributed by atoms with van der Waals surface area (Å²) >= 11 is 0. The molecule has 1 fully saturated rings. The van der Waals surface area contributed by atoms with E-state index in [0.717, 1.165) is 30.0 Å². The monoisotopic (exact) mass is 347 g/mol. The van der Waals surface area contributed by atoms with Crippen LogP contribution in [0, 0.1) is 6.92 Å². The number of carbonyl (C=O) groups is 1. The van der Waals surface area contributed by atoms with E-state index in [1.54, 1.807) is 10.8 Å². The van der Waals surface area contributed by atoms with Gasteiger partial charge in [0.05, 0.1) is 0 Å². The summed E-state index contributed by atoms with van der Waals surface area (Å²) in [5.41, 5.74) is 6.50. The maximum absolute atomic E-state index is 12.5. The third kappa shape index (κ3) is 2.36. The Morgan fingerprint density at radius 3 is 2.88 bits per heavy atom. The number of carbonyl (C=O) groups excluding carboxylic acids is 1. The van der Waals surface area contributed by atoms with Crippen LogP contribution in [0.2, 0.25) is 0 Å². The second-order valence-corrected chi connectivity index (χ2v) is 7.20. The summed E-state index contributed by atoms with van der Waals surface area (Å²) < 4.78 is 1.75. The molecule has 2 aliphatic heterocycles. The van der Waals surface area contributed by atoms with Gasteiger partial charge in [-0.05, 0) is 54.7 Å². The van der Waals surface area contributed by atoms with E-state index in [4.69, 9.17) is 0 Å². The quantitative estimate of drug-likeness (QED) is 0.774. The fourth-order valence-electron chi connectivity index (χ4n) is 4.31. The second-order valence-electron chi connectivity index (χ2n) is 7.20. The molecule has 26 heavy (non-hydrogen) atoms. The number of pyridine rings is 1. The van der Waals surface area contributed by atoms with E-state index < -0.39 is 0 Å². The van der Waals surface area contributed by atoms with Crippen molar-refractivity contribution in [3.8, 4) is 0 Å². The lowest BCUT2D eigenvalue weighted by Gasteiger charge is -2.30. The Morgan fingerprint density at radius 2 is 2.04 bits per heavy atom. The van der Waals surface area contributed by atoms with Gasteiger partial charge in [0.25, 0.3) is 0 Å². The number of amides is 1. The minimum absolute atomic E-state index is 0.0479. The minimum atomic E-state index is 0.0479. The molecule has 0 saturated carbocycles. The summed E-state index contributed by atoms with van der Waals surface area (Å²) in [5, 5.41) is 7.28. The fraction of sp³-hybridized carbons (Fsp3) is 0.350. The van der Waals surface area contributed by atoms with Gasteiger partial charge in [-0.2, -0.15) is 5.10 Å². The number of rotatable bonds is 2. The van der Waals surface area contributed by atoms with Crippen molar-refractivity contribution in [2.75, 3.05) is 23.3 Å². The lowest BCUT2D eigenvalue weighted by atomic mass is 9.83. The predicted octanol–water partition coefficient (Wildman–Crippen LogP) is 3.11. The van der Waals surface area contributed by atoms with E-state index in [0.29, 0.717) is 6.42 Å².